The summed E-state index contributed by atoms with van der Waals surface area (Å²) in [4.78, 5) is 92.4. The Morgan fingerprint density at radius 1 is 0.602 bits per heavy atom. The molecule has 12 rings (SSSR count). The van der Waals surface area contributed by atoms with Crippen molar-refractivity contribution in [3.63, 3.8) is 0 Å². The highest BCUT2D eigenvalue weighted by Gasteiger charge is 2.38. The zero-order valence-electron chi connectivity index (χ0n) is 54.1. The van der Waals surface area contributed by atoms with Crippen molar-refractivity contribution < 1.29 is 52.1 Å². The van der Waals surface area contributed by atoms with E-state index in [0.717, 1.165) is 71.5 Å². The molecule has 0 atom stereocenters. The Hall–Kier alpha value is -12.4. The summed E-state index contributed by atoms with van der Waals surface area (Å²) < 4.78 is 42.1. The number of hydrazine groups is 2. The maximum atomic E-state index is 14.7. The fourth-order valence-corrected chi connectivity index (χ4v) is 10.6. The molecule has 500 valence electrons. The van der Waals surface area contributed by atoms with Crippen molar-refractivity contribution in [1.29, 1.82) is 10.5 Å². The van der Waals surface area contributed by atoms with E-state index in [9.17, 15) is 48.1 Å². The van der Waals surface area contributed by atoms with Gasteiger partial charge < -0.3 is 29.4 Å². The van der Waals surface area contributed by atoms with Gasteiger partial charge in [-0.25, -0.2) is 57.4 Å². The highest BCUT2D eigenvalue weighted by Crippen LogP contribution is 2.32. The number of nitriles is 2. The number of Topliss-reactive ketones (excluding diaryl/α,β-unsaturated/α-hetero) is 2. The SMILES string of the molecule is CC(C)(C)OC(=O)N1CC/C(=C(\C#N)c2ccccc2)CN1C(=O)OC(C)(C)C.N#C/C(=C1\CCNNC1)c1ccccc1.O=C(O)C(=O)c1c[nH]c2c(-n3ccnn3)ncc(F)c12.[C-]#[N+]C(=C1CCN(C(=O)C(=O)c2c[nH]c3c(-n4ccnn4)ncc(F)c23)CC1)c1ccccc1. The summed E-state index contributed by atoms with van der Waals surface area (Å²) in [5.74, 6) is -5.41. The number of benzene rings is 3. The number of nitrogens with one attached hydrogen (secondary N) is 4. The number of ketones is 2. The molecule has 3 aromatic carbocycles. The van der Waals surface area contributed by atoms with Gasteiger partial charge in [0, 0.05) is 38.6 Å². The van der Waals surface area contributed by atoms with E-state index in [1.807, 2.05) is 91.0 Å². The summed E-state index contributed by atoms with van der Waals surface area (Å²) in [5.41, 5.74) is 12.2. The lowest BCUT2D eigenvalue weighted by Crippen LogP contribution is -2.56. The highest BCUT2D eigenvalue weighted by atomic mass is 19.1. The molecule has 3 aliphatic heterocycles. The molecule has 0 spiro atoms. The molecule has 0 aliphatic carbocycles. The van der Waals surface area contributed by atoms with Gasteiger partial charge in [-0.05, 0) is 95.1 Å². The number of rotatable bonds is 9. The van der Waals surface area contributed by atoms with E-state index >= 15 is 0 Å². The van der Waals surface area contributed by atoms with Crippen LogP contribution in [0.3, 0.4) is 0 Å². The number of pyridine rings is 2. The maximum absolute atomic E-state index is 14.7. The second-order valence-corrected chi connectivity index (χ2v) is 24.0. The first-order valence-corrected chi connectivity index (χ1v) is 30.6. The number of fused-ring (bicyclic) bond motifs is 2. The van der Waals surface area contributed by atoms with Gasteiger partial charge in [0.15, 0.2) is 29.0 Å². The van der Waals surface area contributed by atoms with Crippen molar-refractivity contribution in [3.05, 3.63) is 208 Å². The van der Waals surface area contributed by atoms with Gasteiger partial charge in [0.2, 0.25) is 0 Å². The quantitative estimate of drug-likeness (QED) is 0.0388. The second kappa shape index (κ2) is 31.2. The maximum Gasteiger partial charge on any atom is 0.429 e. The summed E-state index contributed by atoms with van der Waals surface area (Å²) in [5, 5.41) is 44.8. The molecule has 29 heteroatoms. The number of allylic oxidation sites excluding steroid dienone is 2. The second-order valence-electron chi connectivity index (χ2n) is 24.0. The molecule has 9 heterocycles. The van der Waals surface area contributed by atoms with Gasteiger partial charge in [0.1, 0.15) is 11.2 Å². The molecule has 3 aliphatic rings. The van der Waals surface area contributed by atoms with Gasteiger partial charge in [-0.15, -0.1) is 10.2 Å². The van der Waals surface area contributed by atoms with Crippen molar-refractivity contribution in [1.82, 2.24) is 75.7 Å². The monoisotopic (exact) mass is 1330 g/mol. The summed E-state index contributed by atoms with van der Waals surface area (Å²) in [6.07, 6.45) is 11.3. The molecular weight excluding hydrogens is 1260 g/mol. The van der Waals surface area contributed by atoms with E-state index < -0.39 is 58.5 Å². The number of nitrogens with zero attached hydrogens (tertiary/aromatic N) is 14. The van der Waals surface area contributed by atoms with Crippen LogP contribution in [0.4, 0.5) is 18.4 Å². The zero-order chi connectivity index (χ0) is 70.3. The number of H-pyrrole nitrogens is 2. The zero-order valence-corrected chi connectivity index (χ0v) is 54.1. The van der Waals surface area contributed by atoms with Crippen LogP contribution in [0.2, 0.25) is 0 Å². The number of halogens is 2. The number of aliphatic carboxylic acids is 1. The standard InChI is InChI=1S/C24H18FN7O2.C22H29N3O4.C12H13N3.C11H6FN5O3/c1-26-20(15-5-3-2-4-6-15)16-7-10-31(11-8-16)24(34)22(33)17-13-27-21-19(17)18(25)14-28-23(21)32-12-9-29-30-32;1-21(2,3)28-19(26)24-13-12-17(15-25(24)20(27)29-22(4,5)6)18(14-23)16-10-8-7-9-11-16;13-8-12(10-4-2-1-3-5-10)11-6-7-14-15-9-11;12-6-4-14-10(17-2-1-15-16-17)8-7(6)5(3-13-8)9(18)11(19)20/h2-6,9,12-14,27H,7-8,10-11H2;7-11H,12-13,15H2,1-6H3;1-5,14-15H,6-7,9H2;1-4,13H,(H,19,20)/b;18-17-;12-11-;. The van der Waals surface area contributed by atoms with Gasteiger partial charge >= 0.3 is 18.2 Å². The van der Waals surface area contributed by atoms with Crippen LogP contribution in [0.1, 0.15) is 105 Å². The smallest absolute Gasteiger partial charge is 0.429 e. The summed E-state index contributed by atoms with van der Waals surface area (Å²) >= 11 is 0. The van der Waals surface area contributed by atoms with Crippen LogP contribution in [-0.2, 0) is 19.1 Å². The molecule has 3 saturated heterocycles. The average Bonchev–Trinajstić information content (AvgIpc) is 1.59. The van der Waals surface area contributed by atoms with Crippen LogP contribution >= 0.6 is 0 Å². The van der Waals surface area contributed by atoms with Crippen LogP contribution < -0.4 is 10.9 Å². The fraction of sp³-hybridized carbons (Fsp3) is 0.261. The molecule has 5 N–H and O–H groups in total. The van der Waals surface area contributed by atoms with Gasteiger partial charge in [-0.1, -0.05) is 107 Å². The molecule has 0 bridgehead atoms. The molecule has 0 unspecified atom stereocenters. The number of aromatic amines is 2. The van der Waals surface area contributed by atoms with E-state index in [2.05, 4.69) is 68.4 Å². The molecule has 0 radical (unpaired) electrons. The average molecular weight is 1330 g/mol. The normalized spacial score (nSPS) is 14.9. The first-order valence-electron chi connectivity index (χ1n) is 30.6. The number of hydrogen-bond acceptors (Lipinski definition) is 18. The Morgan fingerprint density at radius 3 is 1.49 bits per heavy atom. The third-order valence-electron chi connectivity index (χ3n) is 15.1. The van der Waals surface area contributed by atoms with Crippen molar-refractivity contribution >= 4 is 74.3 Å². The number of carboxylic acid groups (broad SMARTS) is 1. The lowest BCUT2D eigenvalue weighted by Gasteiger charge is -2.40. The molecule has 3 amide bonds. The number of hydrogen-bond donors (Lipinski definition) is 5. The van der Waals surface area contributed by atoms with Crippen molar-refractivity contribution in [3.8, 4) is 23.8 Å². The number of carbonyl (C=O) groups excluding carboxylic acids is 5. The van der Waals surface area contributed by atoms with Gasteiger partial charge in [0.25, 0.3) is 17.5 Å². The highest BCUT2D eigenvalue weighted by molar-refractivity contribution is 6.45. The Labute approximate surface area is 560 Å². The van der Waals surface area contributed by atoms with Crippen molar-refractivity contribution in [2.24, 2.45) is 0 Å². The molecule has 6 aromatic heterocycles. The van der Waals surface area contributed by atoms with Crippen molar-refractivity contribution in [2.75, 3.05) is 39.3 Å². The number of aromatic nitrogens is 10. The fourth-order valence-electron chi connectivity index (χ4n) is 10.6. The number of ether oxygens (including phenoxy) is 2. The van der Waals surface area contributed by atoms with Crippen LogP contribution in [0, 0.1) is 40.9 Å². The molecule has 0 saturated carbocycles. The van der Waals surface area contributed by atoms with E-state index in [-0.39, 0.29) is 57.7 Å². The molecule has 27 nitrogen and oxygen atoms in total. The number of carbonyl (C=O) groups is 6. The summed E-state index contributed by atoms with van der Waals surface area (Å²) in [6.45, 7) is 20.7. The molecule has 9 aromatic rings. The Balaban J connectivity index is 0.000000159. The van der Waals surface area contributed by atoms with Crippen LogP contribution in [0.5, 0.6) is 0 Å². The minimum absolute atomic E-state index is 0.0178. The Morgan fingerprint density at radius 2 is 1.06 bits per heavy atom. The summed E-state index contributed by atoms with van der Waals surface area (Å²) in [6, 6.07) is 33.1. The van der Waals surface area contributed by atoms with E-state index in [1.165, 1.54) is 54.6 Å². The molecular formula is C69H66F2N18O9. The first kappa shape index (κ1) is 69.9. The molecule has 98 heavy (non-hydrogen) atoms. The predicted molar refractivity (Wildman–Crippen MR) is 353 cm³/mol. The lowest BCUT2D eigenvalue weighted by atomic mass is 9.97. The van der Waals surface area contributed by atoms with Crippen LogP contribution in [0.15, 0.2) is 157 Å². The van der Waals surface area contributed by atoms with Crippen molar-refractivity contribution in [2.45, 2.75) is 78.4 Å². The summed E-state index contributed by atoms with van der Waals surface area (Å²) in [7, 11) is 0. The van der Waals surface area contributed by atoms with E-state index in [0.29, 0.717) is 43.6 Å². The van der Waals surface area contributed by atoms with Crippen LogP contribution in [-0.4, -0.2) is 156 Å². The number of likely N-dealkylation sites (tertiary alicyclic amines) is 1. The third-order valence-corrected chi connectivity index (χ3v) is 15.1. The Kier molecular flexibility index (Phi) is 22.3. The topological polar surface area (TPSA) is 346 Å². The number of piperidine rings is 1. The molecule has 3 fully saturated rings. The van der Waals surface area contributed by atoms with E-state index in [4.69, 9.17) is 21.2 Å². The van der Waals surface area contributed by atoms with Gasteiger partial charge in [-0.3, -0.25) is 25.2 Å². The van der Waals surface area contributed by atoms with Gasteiger partial charge in [-0.2, -0.15) is 10.5 Å². The lowest BCUT2D eigenvalue weighted by molar-refractivity contribution is -0.131. The van der Waals surface area contributed by atoms with E-state index in [1.54, 1.807) is 47.7 Å². The minimum atomic E-state index is -1.66. The number of carboxylic acids is 1. The predicted octanol–water partition coefficient (Wildman–Crippen LogP) is 10.2. The third kappa shape index (κ3) is 16.7. The Bertz CT molecular complexity index is 4630. The first-order chi connectivity index (χ1) is 47.0. The van der Waals surface area contributed by atoms with Gasteiger partial charge in [0.05, 0.1) is 113 Å². The largest absolute Gasteiger partial charge is 0.475 e. The van der Waals surface area contributed by atoms with Crippen LogP contribution in [0.25, 0.3) is 55.1 Å². The minimum Gasteiger partial charge on any atom is -0.475 e. The number of amides is 3.